The first-order valence-corrected chi connectivity index (χ1v) is 5.96. The number of nitrogens with zero attached hydrogens (tertiary/aromatic N) is 1. The van der Waals surface area contributed by atoms with Crippen molar-refractivity contribution in [3.63, 3.8) is 0 Å². The molecule has 0 atom stereocenters. The van der Waals surface area contributed by atoms with Gasteiger partial charge in [0.15, 0.2) is 0 Å². The van der Waals surface area contributed by atoms with Gasteiger partial charge in [-0.1, -0.05) is 61.2 Å². The summed E-state index contributed by atoms with van der Waals surface area (Å²) in [7, 11) is 0. The maximum atomic E-state index is 4.67. The number of rotatable bonds is 2. The van der Waals surface area contributed by atoms with Gasteiger partial charge in [-0.2, -0.15) is 0 Å². The summed E-state index contributed by atoms with van der Waals surface area (Å²) in [5, 5.41) is 2.34. The van der Waals surface area contributed by atoms with Gasteiger partial charge in [0.1, 0.15) is 0 Å². The lowest BCUT2D eigenvalue weighted by molar-refractivity contribution is 1.33. The van der Waals surface area contributed by atoms with Crippen LogP contribution in [0.4, 0.5) is 0 Å². The molecule has 3 aromatic rings. The van der Waals surface area contributed by atoms with E-state index >= 15 is 0 Å². The van der Waals surface area contributed by atoms with E-state index in [2.05, 4.69) is 41.9 Å². The first-order valence-electron chi connectivity index (χ1n) is 5.96. The quantitative estimate of drug-likeness (QED) is 0.630. The van der Waals surface area contributed by atoms with E-state index in [4.69, 9.17) is 0 Å². The predicted octanol–water partition coefficient (Wildman–Crippen LogP) is 4.54. The minimum Gasteiger partial charge on any atom is -0.248 e. The van der Waals surface area contributed by atoms with Crippen LogP contribution >= 0.6 is 0 Å². The maximum absolute atomic E-state index is 4.67. The summed E-state index contributed by atoms with van der Waals surface area (Å²) in [5.74, 6) is 0. The van der Waals surface area contributed by atoms with Gasteiger partial charge in [0, 0.05) is 10.9 Å². The lowest BCUT2D eigenvalue weighted by Gasteiger charge is -2.06. The molecule has 0 saturated carbocycles. The Morgan fingerprint density at radius 2 is 1.61 bits per heavy atom. The van der Waals surface area contributed by atoms with Crippen LogP contribution in [0.5, 0.6) is 0 Å². The first kappa shape index (κ1) is 10.7. The molecule has 0 fully saturated rings. The normalized spacial score (nSPS) is 10.4. The Balaban J connectivity index is 2.29. The van der Waals surface area contributed by atoms with Crippen molar-refractivity contribution in [3.05, 3.63) is 72.9 Å². The zero-order valence-corrected chi connectivity index (χ0v) is 10.0. The van der Waals surface area contributed by atoms with Gasteiger partial charge < -0.3 is 0 Å². The van der Waals surface area contributed by atoms with Crippen LogP contribution in [0, 0.1) is 0 Å². The number of pyridine rings is 1. The van der Waals surface area contributed by atoms with Crippen molar-refractivity contribution >= 4 is 16.8 Å². The van der Waals surface area contributed by atoms with Crippen molar-refractivity contribution in [1.29, 1.82) is 0 Å². The van der Waals surface area contributed by atoms with Crippen molar-refractivity contribution in [3.8, 4) is 11.3 Å². The summed E-state index contributed by atoms with van der Waals surface area (Å²) in [5.41, 5.74) is 3.06. The van der Waals surface area contributed by atoms with E-state index in [1.54, 1.807) is 0 Å². The molecular weight excluding hydrogens is 218 g/mol. The molecule has 0 radical (unpaired) electrons. The Morgan fingerprint density at radius 1 is 0.889 bits per heavy atom. The zero-order valence-electron chi connectivity index (χ0n) is 10.0. The van der Waals surface area contributed by atoms with Gasteiger partial charge in [-0.3, -0.25) is 0 Å². The Bertz CT molecular complexity index is 699. The van der Waals surface area contributed by atoms with Gasteiger partial charge >= 0.3 is 0 Å². The second-order valence-electron chi connectivity index (χ2n) is 4.18. The Morgan fingerprint density at radius 3 is 2.39 bits per heavy atom. The Kier molecular flexibility index (Phi) is 2.66. The molecule has 2 aromatic carbocycles. The molecule has 1 heterocycles. The molecule has 0 aliphatic heterocycles. The van der Waals surface area contributed by atoms with E-state index in [-0.39, 0.29) is 0 Å². The molecular formula is C17H13N. The Labute approximate surface area is 106 Å². The van der Waals surface area contributed by atoms with Crippen molar-refractivity contribution in [2.75, 3.05) is 0 Å². The third kappa shape index (κ3) is 1.80. The minimum absolute atomic E-state index is 0.937. The second kappa shape index (κ2) is 4.46. The van der Waals surface area contributed by atoms with E-state index in [9.17, 15) is 0 Å². The molecule has 1 aromatic heterocycles. The molecule has 18 heavy (non-hydrogen) atoms. The molecule has 0 amide bonds. The molecule has 3 rings (SSSR count). The number of fused-ring (bicyclic) bond motifs is 1. The summed E-state index contributed by atoms with van der Waals surface area (Å²) in [6.45, 7) is 3.85. The van der Waals surface area contributed by atoms with Crippen LogP contribution < -0.4 is 0 Å². The molecule has 1 nitrogen and oxygen atoms in total. The molecule has 0 N–H and O–H groups in total. The average molecular weight is 231 g/mol. The molecule has 1 heteroatoms. The average Bonchev–Trinajstić information content (AvgIpc) is 2.47. The van der Waals surface area contributed by atoms with E-state index in [1.807, 2.05) is 36.4 Å². The largest absolute Gasteiger partial charge is 0.248 e. The van der Waals surface area contributed by atoms with Crippen molar-refractivity contribution in [2.45, 2.75) is 0 Å². The van der Waals surface area contributed by atoms with Crippen molar-refractivity contribution in [2.24, 2.45) is 0 Å². The summed E-state index contributed by atoms with van der Waals surface area (Å²) in [4.78, 5) is 4.67. The monoisotopic (exact) mass is 231 g/mol. The molecule has 0 saturated heterocycles. The highest BCUT2D eigenvalue weighted by Gasteiger charge is 2.04. The standard InChI is InChI=1S/C17H13N/c1-2-16-15-11-7-6-10-14(15)12-17(18-16)13-8-4-3-5-9-13/h2-12H,1H2. The summed E-state index contributed by atoms with van der Waals surface area (Å²) in [6.07, 6.45) is 1.81. The minimum atomic E-state index is 0.937. The van der Waals surface area contributed by atoms with E-state index < -0.39 is 0 Å². The fraction of sp³-hybridized carbons (Fsp3) is 0. The van der Waals surface area contributed by atoms with Crippen LogP contribution in [0.3, 0.4) is 0 Å². The highest BCUT2D eigenvalue weighted by Crippen LogP contribution is 2.25. The smallest absolute Gasteiger partial charge is 0.0715 e. The fourth-order valence-corrected chi connectivity index (χ4v) is 2.14. The second-order valence-corrected chi connectivity index (χ2v) is 4.18. The predicted molar refractivity (Wildman–Crippen MR) is 77.3 cm³/mol. The third-order valence-electron chi connectivity index (χ3n) is 3.03. The molecule has 86 valence electrons. The molecule has 0 bridgehead atoms. The third-order valence-corrected chi connectivity index (χ3v) is 3.03. The zero-order chi connectivity index (χ0) is 12.4. The topological polar surface area (TPSA) is 12.9 Å². The number of hydrogen-bond donors (Lipinski definition) is 0. The van der Waals surface area contributed by atoms with Gasteiger partial charge in [-0.15, -0.1) is 0 Å². The molecule has 0 aliphatic carbocycles. The first-order chi connectivity index (χ1) is 8.88. The summed E-state index contributed by atoms with van der Waals surface area (Å²) < 4.78 is 0. The van der Waals surface area contributed by atoms with Crippen molar-refractivity contribution in [1.82, 2.24) is 4.98 Å². The summed E-state index contributed by atoms with van der Waals surface area (Å²) in [6, 6.07) is 20.6. The number of benzene rings is 2. The molecule has 0 aliphatic rings. The van der Waals surface area contributed by atoms with Crippen LogP contribution in [-0.2, 0) is 0 Å². The maximum Gasteiger partial charge on any atom is 0.0715 e. The van der Waals surface area contributed by atoms with E-state index in [1.165, 1.54) is 5.39 Å². The summed E-state index contributed by atoms with van der Waals surface area (Å²) >= 11 is 0. The number of hydrogen-bond acceptors (Lipinski definition) is 1. The molecule has 0 spiro atoms. The van der Waals surface area contributed by atoms with Crippen LogP contribution in [0.25, 0.3) is 28.1 Å². The SMILES string of the molecule is C=Cc1nc(-c2ccccc2)cc2ccccc12. The van der Waals surface area contributed by atoms with Crippen LogP contribution in [-0.4, -0.2) is 4.98 Å². The fourth-order valence-electron chi connectivity index (χ4n) is 2.14. The van der Waals surface area contributed by atoms with Gasteiger partial charge in [0.25, 0.3) is 0 Å². The van der Waals surface area contributed by atoms with Crippen LogP contribution in [0.15, 0.2) is 67.2 Å². The van der Waals surface area contributed by atoms with Crippen molar-refractivity contribution < 1.29 is 0 Å². The van der Waals surface area contributed by atoms with Crippen LogP contribution in [0.1, 0.15) is 5.69 Å². The molecule has 0 unspecified atom stereocenters. The number of aromatic nitrogens is 1. The highest BCUT2D eigenvalue weighted by molar-refractivity contribution is 5.91. The van der Waals surface area contributed by atoms with Gasteiger partial charge in [-0.05, 0) is 17.5 Å². The highest BCUT2D eigenvalue weighted by atomic mass is 14.7. The lowest BCUT2D eigenvalue weighted by atomic mass is 10.0. The van der Waals surface area contributed by atoms with Crippen LogP contribution in [0.2, 0.25) is 0 Å². The lowest BCUT2D eigenvalue weighted by Crippen LogP contribution is -1.89. The Hall–Kier alpha value is -2.41. The van der Waals surface area contributed by atoms with Gasteiger partial charge in [0.05, 0.1) is 11.4 Å². The van der Waals surface area contributed by atoms with Gasteiger partial charge in [0.2, 0.25) is 0 Å². The van der Waals surface area contributed by atoms with E-state index in [0.29, 0.717) is 0 Å². The van der Waals surface area contributed by atoms with Gasteiger partial charge in [-0.25, -0.2) is 4.98 Å². The van der Waals surface area contributed by atoms with E-state index in [0.717, 1.165) is 22.3 Å².